The maximum absolute atomic E-state index is 12.8. The average molecular weight is 490 g/mol. The minimum absolute atomic E-state index is 0.270. The van der Waals surface area contributed by atoms with Crippen LogP contribution in [0.4, 0.5) is 5.69 Å². The van der Waals surface area contributed by atoms with E-state index in [1.165, 1.54) is 11.1 Å². The van der Waals surface area contributed by atoms with Crippen molar-refractivity contribution in [3.63, 3.8) is 0 Å². The summed E-state index contributed by atoms with van der Waals surface area (Å²) in [5, 5.41) is 4.24. The van der Waals surface area contributed by atoms with E-state index in [4.69, 9.17) is 25.5 Å². The first-order valence-corrected chi connectivity index (χ1v) is 11.8. The molecule has 1 aromatic heterocycles. The third kappa shape index (κ3) is 5.20. The zero-order valence-electron chi connectivity index (χ0n) is 20.5. The van der Waals surface area contributed by atoms with Crippen molar-refractivity contribution in [2.24, 2.45) is 0 Å². The third-order valence-corrected chi connectivity index (χ3v) is 6.13. The van der Waals surface area contributed by atoms with Crippen LogP contribution in [-0.4, -0.2) is 19.6 Å². The average Bonchev–Trinajstić information content (AvgIpc) is 3.21. The highest BCUT2D eigenvalue weighted by atomic mass is 35.5. The minimum Gasteiger partial charge on any atom is -0.495 e. The minimum atomic E-state index is -0.270. The number of ether oxygens (including phenoxy) is 2. The highest BCUT2D eigenvalue weighted by Gasteiger charge is 2.16. The topological polar surface area (TPSA) is 60.7 Å². The van der Waals surface area contributed by atoms with Gasteiger partial charge in [0.2, 0.25) is 5.91 Å². The van der Waals surface area contributed by atoms with Crippen LogP contribution in [0, 0.1) is 13.8 Å². The second-order valence-electron chi connectivity index (χ2n) is 8.41. The van der Waals surface area contributed by atoms with Gasteiger partial charge in [-0.1, -0.05) is 35.4 Å². The van der Waals surface area contributed by atoms with Crippen molar-refractivity contribution in [2.75, 3.05) is 19.0 Å². The first-order valence-electron chi connectivity index (χ1n) is 11.4. The van der Waals surface area contributed by atoms with E-state index in [2.05, 4.69) is 37.4 Å². The monoisotopic (exact) mass is 489 g/mol. The molecular formula is C29H28ClNO4. The Bertz CT molecular complexity index is 1430. The summed E-state index contributed by atoms with van der Waals surface area (Å²) < 4.78 is 17.0. The Morgan fingerprint density at radius 1 is 1.06 bits per heavy atom. The number of hydrogen-bond donors (Lipinski definition) is 1. The summed E-state index contributed by atoms with van der Waals surface area (Å²) in [6.45, 7) is 8.48. The van der Waals surface area contributed by atoms with Crippen molar-refractivity contribution in [1.82, 2.24) is 0 Å². The molecule has 0 aliphatic carbocycles. The first kappa shape index (κ1) is 24.4. The maximum atomic E-state index is 12.8. The summed E-state index contributed by atoms with van der Waals surface area (Å²) in [6.07, 6.45) is 3.33. The third-order valence-electron chi connectivity index (χ3n) is 5.84. The van der Waals surface area contributed by atoms with Crippen molar-refractivity contribution < 1.29 is 18.7 Å². The molecule has 0 aliphatic rings. The van der Waals surface area contributed by atoms with Gasteiger partial charge in [-0.2, -0.15) is 0 Å². The predicted octanol–water partition coefficient (Wildman–Crippen LogP) is 7.82. The molecule has 4 aromatic rings. The Morgan fingerprint density at radius 3 is 2.54 bits per heavy atom. The van der Waals surface area contributed by atoms with Gasteiger partial charge in [0.05, 0.1) is 25.0 Å². The van der Waals surface area contributed by atoms with E-state index in [-0.39, 0.29) is 5.91 Å². The number of furan rings is 1. The molecule has 180 valence electrons. The zero-order chi connectivity index (χ0) is 25.1. The molecular weight excluding hydrogens is 462 g/mol. The second-order valence-corrected chi connectivity index (χ2v) is 8.82. The fraction of sp³-hybridized carbons (Fsp3) is 0.207. The van der Waals surface area contributed by atoms with Crippen molar-refractivity contribution in [1.29, 1.82) is 0 Å². The summed E-state index contributed by atoms with van der Waals surface area (Å²) in [6, 6.07) is 15.4. The summed E-state index contributed by atoms with van der Waals surface area (Å²) in [7, 11) is 1.55. The highest BCUT2D eigenvalue weighted by molar-refractivity contribution is 6.32. The summed E-state index contributed by atoms with van der Waals surface area (Å²) >= 11 is 6.18. The predicted molar refractivity (Wildman–Crippen MR) is 143 cm³/mol. The number of anilines is 1. The van der Waals surface area contributed by atoms with Gasteiger partial charge in [0.15, 0.2) is 0 Å². The van der Waals surface area contributed by atoms with E-state index in [1.807, 2.05) is 26.0 Å². The van der Waals surface area contributed by atoms with Gasteiger partial charge in [0.1, 0.15) is 17.1 Å². The zero-order valence-corrected chi connectivity index (χ0v) is 21.2. The molecule has 6 heteroatoms. The lowest BCUT2D eigenvalue weighted by atomic mass is 9.96. The molecule has 0 bridgehead atoms. The molecule has 0 saturated heterocycles. The van der Waals surface area contributed by atoms with E-state index in [9.17, 15) is 4.79 Å². The SMILES string of the molecule is CCOc1cc2occ(-c3ccc(C)cc3C)c2cc1/C(C)=C/C(=O)Nc1ccc(OC)c(Cl)c1. The van der Waals surface area contributed by atoms with Gasteiger partial charge >= 0.3 is 0 Å². The number of rotatable bonds is 7. The summed E-state index contributed by atoms with van der Waals surface area (Å²) in [4.78, 5) is 12.8. The Labute approximate surface area is 210 Å². The van der Waals surface area contributed by atoms with Crippen LogP contribution in [0.2, 0.25) is 5.02 Å². The van der Waals surface area contributed by atoms with E-state index < -0.39 is 0 Å². The van der Waals surface area contributed by atoms with Crippen LogP contribution in [0.5, 0.6) is 11.5 Å². The van der Waals surface area contributed by atoms with E-state index in [0.717, 1.165) is 33.2 Å². The van der Waals surface area contributed by atoms with Gasteiger partial charge in [-0.15, -0.1) is 0 Å². The molecule has 1 amide bonds. The van der Waals surface area contributed by atoms with E-state index >= 15 is 0 Å². The van der Waals surface area contributed by atoms with Crippen LogP contribution in [-0.2, 0) is 4.79 Å². The number of carbonyl (C=O) groups excluding carboxylic acids is 1. The first-order chi connectivity index (χ1) is 16.8. The molecule has 5 nitrogen and oxygen atoms in total. The number of aryl methyl sites for hydroxylation is 2. The van der Waals surface area contributed by atoms with Crippen LogP contribution in [0.3, 0.4) is 0 Å². The van der Waals surface area contributed by atoms with E-state index in [0.29, 0.717) is 28.8 Å². The van der Waals surface area contributed by atoms with Crippen LogP contribution in [0.15, 0.2) is 65.3 Å². The number of benzene rings is 3. The number of hydrogen-bond acceptors (Lipinski definition) is 4. The Kier molecular flexibility index (Phi) is 7.17. The fourth-order valence-corrected chi connectivity index (χ4v) is 4.42. The van der Waals surface area contributed by atoms with Gasteiger partial charge < -0.3 is 19.2 Å². The molecule has 1 N–H and O–H groups in total. The Morgan fingerprint density at radius 2 is 1.86 bits per heavy atom. The van der Waals surface area contributed by atoms with Crippen molar-refractivity contribution >= 4 is 39.7 Å². The second kappa shape index (κ2) is 10.3. The molecule has 0 saturated carbocycles. The molecule has 0 aliphatic heterocycles. The van der Waals surface area contributed by atoms with Crippen molar-refractivity contribution in [3.8, 4) is 22.6 Å². The number of amides is 1. The van der Waals surface area contributed by atoms with E-state index in [1.54, 1.807) is 37.6 Å². The molecule has 35 heavy (non-hydrogen) atoms. The number of nitrogens with one attached hydrogen (secondary N) is 1. The Hall–Kier alpha value is -3.70. The molecule has 1 heterocycles. The molecule has 0 unspecified atom stereocenters. The number of halogens is 1. The Balaban J connectivity index is 1.71. The quantitative estimate of drug-likeness (QED) is 0.269. The van der Waals surface area contributed by atoms with Gasteiger partial charge in [-0.25, -0.2) is 0 Å². The standard InChI is InChI=1S/C29H28ClNO4/c1-6-34-27-15-28-23(24(16-35-28)21-9-7-17(2)11-18(21)3)14-22(27)19(4)12-29(32)31-20-8-10-26(33-5)25(30)13-20/h7-16H,6H2,1-5H3,(H,31,32)/b19-12+. The van der Waals surface area contributed by atoms with Gasteiger partial charge in [-0.3, -0.25) is 4.79 Å². The summed E-state index contributed by atoms with van der Waals surface area (Å²) in [5.74, 6) is 0.939. The smallest absolute Gasteiger partial charge is 0.248 e. The number of allylic oxidation sites excluding steroid dienone is 1. The lowest BCUT2D eigenvalue weighted by molar-refractivity contribution is -0.111. The lowest BCUT2D eigenvalue weighted by Gasteiger charge is -2.12. The lowest BCUT2D eigenvalue weighted by Crippen LogP contribution is -2.09. The van der Waals surface area contributed by atoms with Gasteiger partial charge in [0, 0.05) is 34.3 Å². The fourth-order valence-electron chi connectivity index (χ4n) is 4.16. The molecule has 3 aromatic carbocycles. The largest absolute Gasteiger partial charge is 0.495 e. The molecule has 0 atom stereocenters. The van der Waals surface area contributed by atoms with Crippen LogP contribution < -0.4 is 14.8 Å². The van der Waals surface area contributed by atoms with Crippen LogP contribution in [0.25, 0.3) is 27.7 Å². The van der Waals surface area contributed by atoms with Gasteiger partial charge in [-0.05, 0) is 68.7 Å². The number of fused-ring (bicyclic) bond motifs is 1. The van der Waals surface area contributed by atoms with Gasteiger partial charge in [0.25, 0.3) is 0 Å². The molecule has 4 rings (SSSR count). The molecule has 0 radical (unpaired) electrons. The molecule has 0 fully saturated rings. The highest BCUT2D eigenvalue weighted by Crippen LogP contribution is 2.38. The number of carbonyl (C=O) groups is 1. The van der Waals surface area contributed by atoms with Crippen LogP contribution >= 0.6 is 11.6 Å². The van der Waals surface area contributed by atoms with Crippen LogP contribution in [0.1, 0.15) is 30.5 Å². The number of methoxy groups -OCH3 is 1. The normalized spacial score (nSPS) is 11.5. The maximum Gasteiger partial charge on any atom is 0.248 e. The summed E-state index contributed by atoms with van der Waals surface area (Å²) in [5.41, 5.74) is 7.41. The van der Waals surface area contributed by atoms with Crippen molar-refractivity contribution in [3.05, 3.63) is 82.6 Å². The molecule has 0 spiro atoms. The van der Waals surface area contributed by atoms with Crippen molar-refractivity contribution in [2.45, 2.75) is 27.7 Å².